The predicted molar refractivity (Wildman–Crippen MR) is 111 cm³/mol. The van der Waals surface area contributed by atoms with E-state index in [2.05, 4.69) is 22.6 Å². The van der Waals surface area contributed by atoms with Crippen LogP contribution in [0.2, 0.25) is 0 Å². The highest BCUT2D eigenvalue weighted by Gasteiger charge is 2.29. The molecule has 3 rings (SSSR count). The Morgan fingerprint density at radius 2 is 1.96 bits per heavy atom. The van der Waals surface area contributed by atoms with E-state index in [9.17, 15) is 9.59 Å². The molecule has 0 saturated carbocycles. The van der Waals surface area contributed by atoms with Gasteiger partial charge in [0.1, 0.15) is 12.4 Å². The van der Waals surface area contributed by atoms with Crippen LogP contribution in [-0.2, 0) is 22.6 Å². The maximum atomic E-state index is 12.6. The Hall–Kier alpha value is -2.35. The molecule has 27 heavy (non-hydrogen) atoms. The number of hydrogen-bond acceptors (Lipinski definition) is 4. The summed E-state index contributed by atoms with van der Waals surface area (Å²) in [5, 5.41) is 0. The van der Waals surface area contributed by atoms with Crippen molar-refractivity contribution < 1.29 is 19.1 Å². The van der Waals surface area contributed by atoms with E-state index in [1.807, 2.05) is 48.5 Å². The van der Waals surface area contributed by atoms with Crippen molar-refractivity contribution in [2.24, 2.45) is 0 Å². The summed E-state index contributed by atoms with van der Waals surface area (Å²) >= 11 is 2.24. The largest absolute Gasteiger partial charge is 0.496 e. The lowest BCUT2D eigenvalue weighted by Crippen LogP contribution is -2.46. The second-order valence-electron chi connectivity index (χ2n) is 6.20. The zero-order chi connectivity index (χ0) is 19.2. The summed E-state index contributed by atoms with van der Waals surface area (Å²) in [6.45, 7) is 0.201. The molecule has 0 unspecified atom stereocenters. The van der Waals surface area contributed by atoms with Crippen LogP contribution in [0.25, 0.3) is 0 Å². The third kappa shape index (κ3) is 4.88. The number of rotatable bonds is 5. The van der Waals surface area contributed by atoms with Crippen LogP contribution in [-0.4, -0.2) is 36.5 Å². The van der Waals surface area contributed by atoms with E-state index in [1.165, 1.54) is 4.90 Å². The van der Waals surface area contributed by atoms with Gasteiger partial charge in [-0.25, -0.2) is 4.79 Å². The Balaban J connectivity index is 1.73. The minimum atomic E-state index is -0.487. The molecule has 6 heteroatoms. The number of carbonyl (C=O) groups excluding carboxylic acids is 2. The van der Waals surface area contributed by atoms with Gasteiger partial charge in [0, 0.05) is 0 Å². The fourth-order valence-corrected chi connectivity index (χ4v) is 3.74. The molecule has 0 aliphatic carbocycles. The lowest BCUT2D eigenvalue weighted by Gasteiger charge is -2.31. The summed E-state index contributed by atoms with van der Waals surface area (Å²) in [5.41, 5.74) is 1.96. The van der Waals surface area contributed by atoms with Gasteiger partial charge in [-0.3, -0.25) is 9.69 Å². The SMILES string of the molecule is COc1cccc(C[C@H]2C=CC(=O)CN2C(=O)OCc2ccccc2)c1I. The van der Waals surface area contributed by atoms with Crippen LogP contribution in [0.3, 0.4) is 0 Å². The van der Waals surface area contributed by atoms with E-state index in [0.29, 0.717) is 6.42 Å². The van der Waals surface area contributed by atoms with Gasteiger partial charge in [-0.1, -0.05) is 48.5 Å². The molecule has 1 atom stereocenters. The van der Waals surface area contributed by atoms with E-state index in [4.69, 9.17) is 9.47 Å². The van der Waals surface area contributed by atoms with Crippen molar-refractivity contribution in [3.05, 3.63) is 75.4 Å². The first-order valence-electron chi connectivity index (χ1n) is 8.58. The van der Waals surface area contributed by atoms with Crippen molar-refractivity contribution in [3.8, 4) is 5.75 Å². The quantitative estimate of drug-likeness (QED) is 0.612. The molecule has 1 amide bonds. The summed E-state index contributed by atoms with van der Waals surface area (Å²) in [5.74, 6) is 0.686. The molecule has 1 heterocycles. The number of ketones is 1. The lowest BCUT2D eigenvalue weighted by atomic mass is 10.0. The van der Waals surface area contributed by atoms with Crippen molar-refractivity contribution in [2.75, 3.05) is 13.7 Å². The summed E-state index contributed by atoms with van der Waals surface area (Å²) in [4.78, 5) is 26.0. The first kappa shape index (κ1) is 19.4. The Bertz CT molecular complexity index is 851. The third-order valence-electron chi connectivity index (χ3n) is 4.36. The van der Waals surface area contributed by atoms with Gasteiger partial charge < -0.3 is 9.47 Å². The Morgan fingerprint density at radius 3 is 2.70 bits per heavy atom. The molecule has 5 nitrogen and oxygen atoms in total. The fraction of sp³-hybridized carbons (Fsp3) is 0.238. The van der Waals surface area contributed by atoms with Gasteiger partial charge in [-0.15, -0.1) is 0 Å². The number of carbonyl (C=O) groups is 2. The summed E-state index contributed by atoms with van der Waals surface area (Å²) in [6, 6.07) is 15.1. The first-order valence-corrected chi connectivity index (χ1v) is 9.66. The van der Waals surface area contributed by atoms with Gasteiger partial charge in [-0.2, -0.15) is 0 Å². The highest BCUT2D eigenvalue weighted by Crippen LogP contribution is 2.27. The zero-order valence-electron chi connectivity index (χ0n) is 14.9. The minimum Gasteiger partial charge on any atom is -0.496 e. The summed E-state index contributed by atoms with van der Waals surface area (Å²) < 4.78 is 11.8. The molecular formula is C21H20INO4. The molecule has 0 bridgehead atoms. The molecule has 0 N–H and O–H groups in total. The van der Waals surface area contributed by atoms with Crippen molar-refractivity contribution in [1.29, 1.82) is 0 Å². The molecule has 0 radical (unpaired) electrons. The Morgan fingerprint density at radius 1 is 1.19 bits per heavy atom. The zero-order valence-corrected chi connectivity index (χ0v) is 17.1. The summed E-state index contributed by atoms with van der Waals surface area (Å²) in [7, 11) is 1.63. The number of halogens is 1. The topological polar surface area (TPSA) is 55.8 Å². The van der Waals surface area contributed by atoms with E-state index in [1.54, 1.807) is 19.3 Å². The van der Waals surface area contributed by atoms with Crippen LogP contribution in [0.5, 0.6) is 5.75 Å². The summed E-state index contributed by atoms with van der Waals surface area (Å²) in [6.07, 6.45) is 3.41. The molecule has 1 aliphatic heterocycles. The van der Waals surface area contributed by atoms with Crippen LogP contribution >= 0.6 is 22.6 Å². The van der Waals surface area contributed by atoms with Gasteiger partial charge >= 0.3 is 6.09 Å². The number of amides is 1. The van der Waals surface area contributed by atoms with E-state index >= 15 is 0 Å². The number of ether oxygens (including phenoxy) is 2. The second-order valence-corrected chi connectivity index (χ2v) is 7.28. The number of nitrogens with zero attached hydrogens (tertiary/aromatic N) is 1. The molecule has 0 fully saturated rings. The Kier molecular flexibility index (Phi) is 6.49. The van der Waals surface area contributed by atoms with Crippen molar-refractivity contribution in [1.82, 2.24) is 4.90 Å². The maximum absolute atomic E-state index is 12.6. The van der Waals surface area contributed by atoms with Gasteiger partial charge in [0.2, 0.25) is 0 Å². The van der Waals surface area contributed by atoms with E-state index < -0.39 is 6.09 Å². The number of hydrogen-bond donors (Lipinski definition) is 0. The fourth-order valence-electron chi connectivity index (χ4n) is 2.94. The number of benzene rings is 2. The smallest absolute Gasteiger partial charge is 0.411 e. The Labute approximate surface area is 172 Å². The molecule has 0 saturated heterocycles. The molecule has 140 valence electrons. The average molecular weight is 477 g/mol. The van der Waals surface area contributed by atoms with E-state index in [0.717, 1.165) is 20.4 Å². The lowest BCUT2D eigenvalue weighted by molar-refractivity contribution is -0.116. The van der Waals surface area contributed by atoms with Crippen molar-refractivity contribution >= 4 is 34.5 Å². The third-order valence-corrected chi connectivity index (χ3v) is 5.59. The van der Waals surface area contributed by atoms with Crippen molar-refractivity contribution in [2.45, 2.75) is 19.1 Å². The minimum absolute atomic E-state index is 0.0232. The van der Waals surface area contributed by atoms with Gasteiger partial charge in [0.05, 0.1) is 23.3 Å². The molecular weight excluding hydrogens is 457 g/mol. The second kappa shape index (κ2) is 9.03. The molecule has 1 aliphatic rings. The van der Waals surface area contributed by atoms with Gasteiger partial charge in [0.15, 0.2) is 5.78 Å². The maximum Gasteiger partial charge on any atom is 0.411 e. The van der Waals surface area contributed by atoms with Crippen LogP contribution in [0.1, 0.15) is 11.1 Å². The number of methoxy groups -OCH3 is 1. The van der Waals surface area contributed by atoms with Crippen LogP contribution < -0.4 is 4.74 Å². The van der Waals surface area contributed by atoms with Gasteiger partial charge in [-0.05, 0) is 52.3 Å². The highest BCUT2D eigenvalue weighted by atomic mass is 127. The van der Waals surface area contributed by atoms with E-state index in [-0.39, 0.29) is 25.0 Å². The monoisotopic (exact) mass is 477 g/mol. The average Bonchev–Trinajstić information content (AvgIpc) is 2.69. The van der Waals surface area contributed by atoms with Gasteiger partial charge in [0.25, 0.3) is 0 Å². The molecule has 0 aromatic heterocycles. The normalized spacial score (nSPS) is 16.3. The highest BCUT2D eigenvalue weighted by molar-refractivity contribution is 14.1. The first-order chi connectivity index (χ1) is 13.1. The molecule has 2 aromatic carbocycles. The van der Waals surface area contributed by atoms with Crippen molar-refractivity contribution in [3.63, 3.8) is 0 Å². The van der Waals surface area contributed by atoms with Crippen LogP contribution in [0, 0.1) is 3.57 Å². The van der Waals surface area contributed by atoms with Crippen LogP contribution in [0.15, 0.2) is 60.7 Å². The van der Waals surface area contributed by atoms with Crippen LogP contribution in [0.4, 0.5) is 4.79 Å². The standard InChI is InChI=1S/C21H20INO4/c1-26-19-9-5-8-16(20(19)22)12-17-10-11-18(24)13-23(17)21(25)27-14-15-6-3-2-4-7-15/h2-11,17H,12-14H2,1H3/t17-/m1/s1. The molecule has 2 aromatic rings. The molecule has 0 spiro atoms. The predicted octanol–water partition coefficient (Wildman–Crippen LogP) is 3.99.